The van der Waals surface area contributed by atoms with E-state index < -0.39 is 0 Å². The zero-order chi connectivity index (χ0) is 13.8. The number of hydrogen-bond donors (Lipinski definition) is 0. The first-order valence-corrected chi connectivity index (χ1v) is 7.05. The van der Waals surface area contributed by atoms with Crippen LogP contribution in [-0.2, 0) is 6.54 Å². The number of aromatic nitrogens is 2. The predicted octanol–water partition coefficient (Wildman–Crippen LogP) is 1.97. The van der Waals surface area contributed by atoms with Crippen LogP contribution in [0.1, 0.15) is 17.3 Å². The van der Waals surface area contributed by atoms with E-state index in [1.165, 1.54) is 5.56 Å². The molecule has 0 spiro atoms. The van der Waals surface area contributed by atoms with Crippen LogP contribution in [0.25, 0.3) is 0 Å². The van der Waals surface area contributed by atoms with Gasteiger partial charge in [0.1, 0.15) is 0 Å². The molecule has 0 bridgehead atoms. The maximum atomic E-state index is 4.37. The smallest absolute Gasteiger partial charge is 0.0726 e. The Bertz CT molecular complexity index is 529. The van der Waals surface area contributed by atoms with E-state index in [4.69, 9.17) is 0 Å². The summed E-state index contributed by atoms with van der Waals surface area (Å²) in [5, 5.41) is 0. The molecule has 1 saturated heterocycles. The van der Waals surface area contributed by atoms with Crippen molar-refractivity contribution in [2.45, 2.75) is 12.6 Å². The van der Waals surface area contributed by atoms with E-state index in [1.807, 2.05) is 6.20 Å². The first-order chi connectivity index (χ1) is 9.83. The van der Waals surface area contributed by atoms with Gasteiger partial charge in [0.2, 0.25) is 0 Å². The number of hydrogen-bond acceptors (Lipinski definition) is 4. The van der Waals surface area contributed by atoms with Crippen molar-refractivity contribution in [2.24, 2.45) is 0 Å². The Kier molecular flexibility index (Phi) is 4.04. The number of piperazine rings is 1. The summed E-state index contributed by atoms with van der Waals surface area (Å²) in [4.78, 5) is 13.4. The molecule has 104 valence electrons. The van der Waals surface area contributed by atoms with E-state index in [9.17, 15) is 0 Å². The van der Waals surface area contributed by atoms with Gasteiger partial charge in [-0.05, 0) is 12.6 Å². The fourth-order valence-electron chi connectivity index (χ4n) is 2.75. The third-order valence-corrected chi connectivity index (χ3v) is 3.92. The highest BCUT2D eigenvalue weighted by molar-refractivity contribution is 5.20. The van der Waals surface area contributed by atoms with Gasteiger partial charge < -0.3 is 0 Å². The molecule has 0 unspecified atom stereocenters. The monoisotopic (exact) mass is 268 g/mol. The van der Waals surface area contributed by atoms with Crippen molar-refractivity contribution in [1.82, 2.24) is 19.8 Å². The summed E-state index contributed by atoms with van der Waals surface area (Å²) in [6.07, 6.45) is 5.34. The van der Waals surface area contributed by atoms with Gasteiger partial charge in [0.05, 0.1) is 5.69 Å². The van der Waals surface area contributed by atoms with E-state index in [-0.39, 0.29) is 0 Å². The van der Waals surface area contributed by atoms with Gasteiger partial charge >= 0.3 is 0 Å². The molecule has 1 aromatic heterocycles. The van der Waals surface area contributed by atoms with Crippen LogP contribution >= 0.6 is 0 Å². The molecular formula is C16H20N4. The highest BCUT2D eigenvalue weighted by Gasteiger charge is 2.25. The predicted molar refractivity (Wildman–Crippen MR) is 79.1 cm³/mol. The van der Waals surface area contributed by atoms with E-state index in [2.05, 4.69) is 57.1 Å². The second-order valence-corrected chi connectivity index (χ2v) is 5.34. The summed E-state index contributed by atoms with van der Waals surface area (Å²) < 4.78 is 0. The Morgan fingerprint density at radius 2 is 2.00 bits per heavy atom. The van der Waals surface area contributed by atoms with E-state index in [0.29, 0.717) is 6.04 Å². The molecular weight excluding hydrogens is 248 g/mol. The molecule has 20 heavy (non-hydrogen) atoms. The Labute approximate surface area is 120 Å². The molecule has 1 aromatic carbocycles. The van der Waals surface area contributed by atoms with Crippen LogP contribution in [0, 0.1) is 0 Å². The van der Waals surface area contributed by atoms with Gasteiger partial charge in [-0.25, -0.2) is 0 Å². The standard InChI is InChI=1S/C16H20N4/c1-19-9-10-20(12-15-11-17-7-8-18-15)13-16(19)14-5-3-2-4-6-14/h2-8,11,16H,9-10,12-13H2,1H3/t16-/m0/s1. The van der Waals surface area contributed by atoms with Crippen LogP contribution in [-0.4, -0.2) is 46.4 Å². The van der Waals surface area contributed by atoms with Crippen LogP contribution in [0.3, 0.4) is 0 Å². The van der Waals surface area contributed by atoms with E-state index in [0.717, 1.165) is 31.9 Å². The largest absolute Gasteiger partial charge is 0.297 e. The van der Waals surface area contributed by atoms with Crippen molar-refractivity contribution in [2.75, 3.05) is 26.7 Å². The Morgan fingerprint density at radius 3 is 2.75 bits per heavy atom. The number of benzene rings is 1. The van der Waals surface area contributed by atoms with Gasteiger partial charge in [0.25, 0.3) is 0 Å². The molecule has 3 rings (SSSR count). The maximum absolute atomic E-state index is 4.37. The molecule has 4 nitrogen and oxygen atoms in total. The second kappa shape index (κ2) is 6.11. The first kappa shape index (κ1) is 13.2. The maximum Gasteiger partial charge on any atom is 0.0726 e. The van der Waals surface area contributed by atoms with Crippen LogP contribution in [0.4, 0.5) is 0 Å². The SMILES string of the molecule is CN1CCN(Cc2cnccn2)C[C@H]1c1ccccc1. The molecule has 0 amide bonds. The summed E-state index contributed by atoms with van der Waals surface area (Å²) in [5.74, 6) is 0. The molecule has 4 heteroatoms. The lowest BCUT2D eigenvalue weighted by Gasteiger charge is -2.39. The number of rotatable bonds is 3. The van der Waals surface area contributed by atoms with Gasteiger partial charge in [-0.3, -0.25) is 19.8 Å². The molecule has 1 fully saturated rings. The average Bonchev–Trinajstić information content (AvgIpc) is 2.51. The Morgan fingerprint density at radius 1 is 1.15 bits per heavy atom. The van der Waals surface area contributed by atoms with Gasteiger partial charge in [0, 0.05) is 50.8 Å². The normalized spacial score (nSPS) is 20.9. The minimum absolute atomic E-state index is 0.460. The van der Waals surface area contributed by atoms with Crippen LogP contribution < -0.4 is 0 Å². The van der Waals surface area contributed by atoms with Crippen LogP contribution in [0.2, 0.25) is 0 Å². The van der Waals surface area contributed by atoms with Crippen molar-refractivity contribution in [3.8, 4) is 0 Å². The lowest BCUT2D eigenvalue weighted by atomic mass is 10.0. The Hall–Kier alpha value is -1.78. The lowest BCUT2D eigenvalue weighted by Crippen LogP contribution is -2.46. The molecule has 1 aliphatic rings. The number of likely N-dealkylation sites (N-methyl/N-ethyl adjacent to an activating group) is 1. The fourth-order valence-corrected chi connectivity index (χ4v) is 2.75. The summed E-state index contributed by atoms with van der Waals surface area (Å²) >= 11 is 0. The highest BCUT2D eigenvalue weighted by Crippen LogP contribution is 2.24. The van der Waals surface area contributed by atoms with Crippen molar-refractivity contribution in [3.05, 3.63) is 60.2 Å². The Balaban J connectivity index is 1.70. The summed E-state index contributed by atoms with van der Waals surface area (Å²) in [5.41, 5.74) is 2.43. The van der Waals surface area contributed by atoms with Gasteiger partial charge in [-0.2, -0.15) is 0 Å². The molecule has 0 saturated carbocycles. The molecule has 0 aliphatic carbocycles. The fraction of sp³-hybridized carbons (Fsp3) is 0.375. The molecule has 0 N–H and O–H groups in total. The van der Waals surface area contributed by atoms with Crippen LogP contribution in [0.5, 0.6) is 0 Å². The summed E-state index contributed by atoms with van der Waals surface area (Å²) in [6, 6.07) is 11.2. The van der Waals surface area contributed by atoms with Gasteiger partial charge in [-0.1, -0.05) is 30.3 Å². The van der Waals surface area contributed by atoms with Crippen molar-refractivity contribution in [1.29, 1.82) is 0 Å². The zero-order valence-electron chi connectivity index (χ0n) is 11.8. The molecule has 2 heterocycles. The van der Waals surface area contributed by atoms with Crippen molar-refractivity contribution >= 4 is 0 Å². The average molecular weight is 268 g/mol. The quantitative estimate of drug-likeness (QED) is 0.852. The van der Waals surface area contributed by atoms with Crippen molar-refractivity contribution in [3.63, 3.8) is 0 Å². The van der Waals surface area contributed by atoms with Gasteiger partial charge in [0.15, 0.2) is 0 Å². The van der Waals surface area contributed by atoms with Crippen LogP contribution in [0.15, 0.2) is 48.9 Å². The minimum Gasteiger partial charge on any atom is -0.297 e. The lowest BCUT2D eigenvalue weighted by molar-refractivity contribution is 0.0895. The first-order valence-electron chi connectivity index (χ1n) is 7.05. The third-order valence-electron chi connectivity index (χ3n) is 3.92. The molecule has 1 aliphatic heterocycles. The van der Waals surface area contributed by atoms with Gasteiger partial charge in [-0.15, -0.1) is 0 Å². The summed E-state index contributed by atoms with van der Waals surface area (Å²) in [7, 11) is 2.21. The number of nitrogens with zero attached hydrogens (tertiary/aromatic N) is 4. The second-order valence-electron chi connectivity index (χ2n) is 5.34. The molecule has 0 radical (unpaired) electrons. The summed E-state index contributed by atoms with van der Waals surface area (Å²) in [6.45, 7) is 4.08. The minimum atomic E-state index is 0.460. The molecule has 2 aromatic rings. The topological polar surface area (TPSA) is 32.3 Å². The van der Waals surface area contributed by atoms with E-state index >= 15 is 0 Å². The third kappa shape index (κ3) is 3.03. The zero-order valence-corrected chi connectivity index (χ0v) is 11.8. The van der Waals surface area contributed by atoms with E-state index in [1.54, 1.807) is 12.4 Å². The highest BCUT2D eigenvalue weighted by atomic mass is 15.3. The van der Waals surface area contributed by atoms with Crippen molar-refractivity contribution < 1.29 is 0 Å². The molecule has 1 atom stereocenters.